The first-order valence-electron chi connectivity index (χ1n) is 4.83. The van der Waals surface area contributed by atoms with Gasteiger partial charge in [-0.2, -0.15) is 26.3 Å². The second kappa shape index (κ2) is 8.36. The van der Waals surface area contributed by atoms with Gasteiger partial charge in [0.25, 0.3) is 0 Å². The van der Waals surface area contributed by atoms with Crippen LogP contribution in [0.4, 0.5) is 26.3 Å². The van der Waals surface area contributed by atoms with Gasteiger partial charge in [-0.15, -0.1) is 0 Å². The number of alkyl halides is 6. The minimum Gasteiger partial charge on any atom is -0.208 e. The van der Waals surface area contributed by atoms with Crippen molar-refractivity contribution in [3.05, 3.63) is 0 Å². The van der Waals surface area contributed by atoms with Gasteiger partial charge in [0, 0.05) is 24.3 Å². The summed E-state index contributed by atoms with van der Waals surface area (Å²) in [5.74, 6) is 0.567. The second-order valence-corrected chi connectivity index (χ2v) is 5.28. The molecule has 0 aliphatic heterocycles. The molecule has 0 aromatic rings. The van der Waals surface area contributed by atoms with E-state index in [-0.39, 0.29) is 24.3 Å². The normalized spacial score (nSPS) is 13.1. The lowest BCUT2D eigenvalue weighted by Gasteiger charge is -2.07. The Hall–Kier alpha value is 0.240. The predicted molar refractivity (Wildman–Crippen MR) is 58.6 cm³/mol. The van der Waals surface area contributed by atoms with Gasteiger partial charge in [-0.1, -0.05) is 23.9 Å². The van der Waals surface area contributed by atoms with Gasteiger partial charge in [-0.25, -0.2) is 4.13 Å². The molecule has 0 spiro atoms. The van der Waals surface area contributed by atoms with E-state index in [2.05, 4.69) is 4.13 Å². The van der Waals surface area contributed by atoms with Crippen molar-refractivity contribution in [1.82, 2.24) is 4.13 Å². The molecule has 9 heteroatoms. The van der Waals surface area contributed by atoms with Crippen LogP contribution in [0.5, 0.6) is 0 Å². The SMILES string of the molecule is FC(F)(F)CCCSNSCCCC(F)(F)F. The summed E-state index contributed by atoms with van der Waals surface area (Å²) in [7, 11) is 0. The molecule has 0 aromatic heterocycles. The van der Waals surface area contributed by atoms with E-state index in [9.17, 15) is 26.3 Å². The molecule has 0 aliphatic rings. The molecule has 0 rings (SSSR count). The first-order valence-corrected chi connectivity index (χ1v) is 6.80. The van der Waals surface area contributed by atoms with Gasteiger partial charge in [0.15, 0.2) is 0 Å². The highest BCUT2D eigenvalue weighted by Crippen LogP contribution is 2.23. The van der Waals surface area contributed by atoms with Gasteiger partial charge in [-0.05, 0) is 12.8 Å². The fourth-order valence-electron chi connectivity index (χ4n) is 0.815. The summed E-state index contributed by atoms with van der Waals surface area (Å²) in [6.45, 7) is 0. The summed E-state index contributed by atoms with van der Waals surface area (Å²) in [6, 6.07) is 0. The molecule has 0 atom stereocenters. The maximum absolute atomic E-state index is 11.7. The van der Waals surface area contributed by atoms with Crippen molar-refractivity contribution in [3.8, 4) is 0 Å². The van der Waals surface area contributed by atoms with Crippen LogP contribution in [0.25, 0.3) is 0 Å². The topological polar surface area (TPSA) is 12.0 Å². The Morgan fingerprint density at radius 1 is 0.706 bits per heavy atom. The van der Waals surface area contributed by atoms with Crippen LogP contribution in [-0.2, 0) is 0 Å². The molecular formula is C8H13F6NS2. The lowest BCUT2D eigenvalue weighted by molar-refractivity contribution is -0.135. The molecule has 0 heterocycles. The van der Waals surface area contributed by atoms with Crippen molar-refractivity contribution < 1.29 is 26.3 Å². The third-order valence-corrected chi connectivity index (χ3v) is 3.46. The number of halogens is 6. The number of nitrogens with one attached hydrogen (secondary N) is 1. The highest BCUT2D eigenvalue weighted by atomic mass is 32.2. The van der Waals surface area contributed by atoms with Crippen molar-refractivity contribution >= 4 is 23.9 Å². The van der Waals surface area contributed by atoms with Gasteiger partial charge >= 0.3 is 12.4 Å². The second-order valence-electron chi connectivity index (χ2n) is 3.22. The maximum Gasteiger partial charge on any atom is 0.389 e. The van der Waals surface area contributed by atoms with Crippen LogP contribution in [0.3, 0.4) is 0 Å². The Bertz CT molecular complexity index is 173. The van der Waals surface area contributed by atoms with Gasteiger partial charge in [0.05, 0.1) is 0 Å². The monoisotopic (exact) mass is 301 g/mol. The molecule has 104 valence electrons. The average molecular weight is 301 g/mol. The van der Waals surface area contributed by atoms with E-state index in [1.54, 1.807) is 0 Å². The Labute approximate surface area is 104 Å². The van der Waals surface area contributed by atoms with E-state index in [1.165, 1.54) is 0 Å². The zero-order valence-corrected chi connectivity index (χ0v) is 10.5. The average Bonchev–Trinajstić information content (AvgIpc) is 2.11. The molecule has 0 unspecified atom stereocenters. The van der Waals surface area contributed by atoms with Gasteiger partial charge in [-0.3, -0.25) is 0 Å². The van der Waals surface area contributed by atoms with Crippen molar-refractivity contribution in [2.45, 2.75) is 38.0 Å². The van der Waals surface area contributed by atoms with E-state index >= 15 is 0 Å². The van der Waals surface area contributed by atoms with Crippen molar-refractivity contribution in [2.24, 2.45) is 0 Å². The van der Waals surface area contributed by atoms with E-state index < -0.39 is 25.2 Å². The Kier molecular flexibility index (Phi) is 8.48. The fraction of sp³-hybridized carbons (Fsp3) is 1.00. The summed E-state index contributed by atoms with van der Waals surface area (Å²) in [6.07, 6.45) is -9.93. The molecule has 0 aromatic carbocycles. The molecule has 17 heavy (non-hydrogen) atoms. The van der Waals surface area contributed by atoms with Crippen LogP contribution < -0.4 is 4.13 Å². The van der Waals surface area contributed by atoms with Gasteiger partial charge < -0.3 is 0 Å². The van der Waals surface area contributed by atoms with E-state index in [4.69, 9.17) is 0 Å². The number of hydrogen-bond acceptors (Lipinski definition) is 3. The predicted octanol–water partition coefficient (Wildman–Crippen LogP) is 4.56. The summed E-state index contributed by atoms with van der Waals surface area (Å²) >= 11 is 2.17. The van der Waals surface area contributed by atoms with Crippen LogP contribution in [0, 0.1) is 0 Å². The van der Waals surface area contributed by atoms with Crippen LogP contribution in [0.15, 0.2) is 0 Å². The van der Waals surface area contributed by atoms with Gasteiger partial charge in [0.1, 0.15) is 0 Å². The molecule has 0 radical (unpaired) electrons. The minimum atomic E-state index is -4.14. The fourth-order valence-corrected chi connectivity index (χ4v) is 2.39. The molecule has 0 bridgehead atoms. The van der Waals surface area contributed by atoms with Crippen LogP contribution in [-0.4, -0.2) is 23.9 Å². The zero-order chi connectivity index (χ0) is 13.4. The molecule has 1 N–H and O–H groups in total. The number of hydrogen-bond donors (Lipinski definition) is 1. The first-order chi connectivity index (χ1) is 7.71. The zero-order valence-electron chi connectivity index (χ0n) is 8.83. The quantitative estimate of drug-likeness (QED) is 0.401. The van der Waals surface area contributed by atoms with Crippen LogP contribution >= 0.6 is 23.9 Å². The molecular weight excluding hydrogens is 288 g/mol. The largest absolute Gasteiger partial charge is 0.389 e. The summed E-state index contributed by atoms with van der Waals surface area (Å²) in [5, 5.41) is 0. The summed E-state index contributed by atoms with van der Waals surface area (Å²) in [5.41, 5.74) is 0. The van der Waals surface area contributed by atoms with E-state index in [0.717, 1.165) is 23.9 Å². The minimum absolute atomic E-state index is 0.00424. The third kappa shape index (κ3) is 16.2. The van der Waals surface area contributed by atoms with Crippen LogP contribution in [0.2, 0.25) is 0 Å². The highest BCUT2D eigenvalue weighted by Gasteiger charge is 2.26. The molecule has 0 fully saturated rings. The van der Waals surface area contributed by atoms with E-state index in [1.807, 2.05) is 0 Å². The lowest BCUT2D eigenvalue weighted by Crippen LogP contribution is -2.08. The van der Waals surface area contributed by atoms with E-state index in [0.29, 0.717) is 0 Å². The smallest absolute Gasteiger partial charge is 0.208 e. The maximum atomic E-state index is 11.7. The van der Waals surface area contributed by atoms with Crippen molar-refractivity contribution in [3.63, 3.8) is 0 Å². The highest BCUT2D eigenvalue weighted by molar-refractivity contribution is 8.12. The van der Waals surface area contributed by atoms with Crippen molar-refractivity contribution in [2.75, 3.05) is 11.5 Å². The Morgan fingerprint density at radius 2 is 1.06 bits per heavy atom. The van der Waals surface area contributed by atoms with Crippen LogP contribution in [0.1, 0.15) is 25.7 Å². The third-order valence-electron chi connectivity index (χ3n) is 1.53. The molecule has 0 saturated heterocycles. The summed E-state index contributed by atoms with van der Waals surface area (Å²) in [4.78, 5) is 0. The number of rotatable bonds is 8. The lowest BCUT2D eigenvalue weighted by atomic mass is 10.3. The first kappa shape index (κ1) is 17.2. The molecule has 0 aliphatic carbocycles. The molecule has 0 saturated carbocycles. The van der Waals surface area contributed by atoms with Crippen molar-refractivity contribution in [1.29, 1.82) is 0 Å². The molecule has 1 nitrogen and oxygen atoms in total. The standard InChI is InChI=1S/C8H13F6NS2/c9-7(10,11)3-1-5-16-15-17-6-2-4-8(12,13)14/h15H,1-6H2. The Morgan fingerprint density at radius 3 is 1.35 bits per heavy atom. The summed E-state index contributed by atoms with van der Waals surface area (Å²) < 4.78 is 72.9. The molecule has 0 amide bonds. The van der Waals surface area contributed by atoms with Gasteiger partial charge in [0.2, 0.25) is 0 Å². The Balaban J connectivity index is 3.15.